The molecular weight excluding hydrogens is 506 g/mol. The number of nitrogens with one attached hydrogen (secondary N) is 3. The highest BCUT2D eigenvalue weighted by Gasteiger charge is 2.34. The van der Waals surface area contributed by atoms with Crippen molar-refractivity contribution in [2.45, 2.75) is 90.4 Å². The molecule has 1 saturated heterocycles. The first-order valence-corrected chi connectivity index (χ1v) is 14.3. The summed E-state index contributed by atoms with van der Waals surface area (Å²) in [5, 5.41) is 7.23. The van der Waals surface area contributed by atoms with Crippen LogP contribution in [0.25, 0.3) is 6.08 Å². The monoisotopic (exact) mass is 553 g/mol. The third kappa shape index (κ3) is 9.33. The SMILES string of the molecule is C=CCCCCC(=O)N(C)[C@H](C(=O)NC(C)C(=O)N1CCC[C@@H](C(=O)N[C@H](C)c2cccc(C=C)c2)N1)C(C)C. The summed E-state index contributed by atoms with van der Waals surface area (Å²) in [4.78, 5) is 53.7. The van der Waals surface area contributed by atoms with Crippen molar-refractivity contribution in [2.24, 2.45) is 5.92 Å². The van der Waals surface area contributed by atoms with E-state index in [9.17, 15) is 19.2 Å². The molecule has 1 aliphatic heterocycles. The standard InChI is InChI=1S/C31H47N5O4/c1-8-10-11-12-18-27(37)35(7)28(21(3)4)30(39)33-23(6)31(40)36-19-14-17-26(34-36)29(38)32-22(5)25-16-13-15-24(9-2)20-25/h8-9,13,15-16,20-23,26,28,34H,1-2,10-12,14,17-19H2,3-7H3,(H,32,38)(H,33,39)/t22-,23?,26+,28+/m1/s1. The predicted octanol–water partition coefficient (Wildman–Crippen LogP) is 3.74. The van der Waals surface area contributed by atoms with Crippen LogP contribution in [0.1, 0.15) is 83.4 Å². The van der Waals surface area contributed by atoms with E-state index < -0.39 is 18.1 Å². The van der Waals surface area contributed by atoms with Crippen LogP contribution < -0.4 is 16.1 Å². The van der Waals surface area contributed by atoms with Crippen LogP contribution in [0.2, 0.25) is 0 Å². The van der Waals surface area contributed by atoms with E-state index in [2.05, 4.69) is 29.2 Å². The molecule has 1 aliphatic rings. The maximum absolute atomic E-state index is 13.2. The first kappa shape index (κ1) is 32.8. The summed E-state index contributed by atoms with van der Waals surface area (Å²) in [6.07, 6.45) is 7.62. The summed E-state index contributed by atoms with van der Waals surface area (Å²) < 4.78 is 0. The highest BCUT2D eigenvalue weighted by Crippen LogP contribution is 2.17. The van der Waals surface area contributed by atoms with Gasteiger partial charge in [0, 0.05) is 20.0 Å². The minimum atomic E-state index is -0.834. The summed E-state index contributed by atoms with van der Waals surface area (Å²) in [7, 11) is 1.64. The van der Waals surface area contributed by atoms with Gasteiger partial charge < -0.3 is 15.5 Å². The molecule has 40 heavy (non-hydrogen) atoms. The van der Waals surface area contributed by atoms with Crippen molar-refractivity contribution in [1.29, 1.82) is 0 Å². The van der Waals surface area contributed by atoms with Gasteiger partial charge in [-0.05, 0) is 69.1 Å². The first-order chi connectivity index (χ1) is 19.0. The van der Waals surface area contributed by atoms with Crippen molar-refractivity contribution in [3.8, 4) is 0 Å². The molecule has 1 aromatic rings. The molecule has 0 saturated carbocycles. The van der Waals surface area contributed by atoms with Gasteiger partial charge in [0.2, 0.25) is 17.7 Å². The molecule has 3 N–H and O–H groups in total. The average molecular weight is 554 g/mol. The fraction of sp³-hybridized carbons (Fsp3) is 0.548. The number of benzene rings is 1. The van der Waals surface area contributed by atoms with Crippen LogP contribution in [0.4, 0.5) is 0 Å². The Kier molecular flexibility index (Phi) is 13.1. The lowest BCUT2D eigenvalue weighted by Gasteiger charge is -2.36. The van der Waals surface area contributed by atoms with Crippen molar-refractivity contribution < 1.29 is 19.2 Å². The Morgan fingerprint density at radius 3 is 2.50 bits per heavy atom. The lowest BCUT2D eigenvalue weighted by molar-refractivity contribution is -0.145. The molecule has 0 aromatic heterocycles. The van der Waals surface area contributed by atoms with Gasteiger partial charge in [-0.15, -0.1) is 6.58 Å². The highest BCUT2D eigenvalue weighted by molar-refractivity contribution is 5.92. The zero-order chi connectivity index (χ0) is 29.8. The Morgan fingerprint density at radius 1 is 1.12 bits per heavy atom. The second-order valence-electron chi connectivity index (χ2n) is 10.9. The molecule has 1 aromatic carbocycles. The number of hydrazine groups is 1. The average Bonchev–Trinajstić information content (AvgIpc) is 2.94. The van der Waals surface area contributed by atoms with Crippen LogP contribution in [0.5, 0.6) is 0 Å². The molecule has 1 heterocycles. The van der Waals surface area contributed by atoms with Gasteiger partial charge in [-0.1, -0.05) is 50.8 Å². The molecule has 1 unspecified atom stereocenters. The Balaban J connectivity index is 1.96. The lowest BCUT2D eigenvalue weighted by atomic mass is 10.0. The maximum atomic E-state index is 13.2. The fourth-order valence-corrected chi connectivity index (χ4v) is 4.90. The van der Waals surface area contributed by atoms with E-state index in [-0.39, 0.29) is 35.6 Å². The molecule has 4 atom stereocenters. The van der Waals surface area contributed by atoms with Crippen LogP contribution in [0, 0.1) is 5.92 Å². The van der Waals surface area contributed by atoms with Gasteiger partial charge >= 0.3 is 0 Å². The second-order valence-corrected chi connectivity index (χ2v) is 10.9. The van der Waals surface area contributed by atoms with E-state index in [1.54, 1.807) is 20.0 Å². The summed E-state index contributed by atoms with van der Waals surface area (Å²) in [5.41, 5.74) is 4.98. The maximum Gasteiger partial charge on any atom is 0.258 e. The van der Waals surface area contributed by atoms with Gasteiger partial charge in [-0.25, -0.2) is 5.43 Å². The topological polar surface area (TPSA) is 111 Å². The zero-order valence-corrected chi connectivity index (χ0v) is 24.7. The molecule has 220 valence electrons. The number of nitrogens with zero attached hydrogens (tertiary/aromatic N) is 2. The van der Waals surface area contributed by atoms with Crippen LogP contribution in [0.15, 0.2) is 43.5 Å². The van der Waals surface area contributed by atoms with Crippen LogP contribution in [-0.4, -0.2) is 65.3 Å². The second kappa shape index (κ2) is 16.0. The van der Waals surface area contributed by atoms with Crippen LogP contribution in [-0.2, 0) is 19.2 Å². The molecule has 0 bridgehead atoms. The Labute approximate surface area is 239 Å². The van der Waals surface area contributed by atoms with Crippen molar-refractivity contribution in [3.63, 3.8) is 0 Å². The number of hydrogen-bond acceptors (Lipinski definition) is 5. The number of likely N-dealkylation sites (N-methyl/N-ethyl adjacent to an activating group) is 1. The van der Waals surface area contributed by atoms with Gasteiger partial charge in [0.25, 0.3) is 5.91 Å². The normalized spacial score (nSPS) is 17.4. The summed E-state index contributed by atoms with van der Waals surface area (Å²) >= 11 is 0. The van der Waals surface area contributed by atoms with Gasteiger partial charge in [-0.3, -0.25) is 24.2 Å². The molecule has 0 spiro atoms. The van der Waals surface area contributed by atoms with E-state index in [4.69, 9.17) is 0 Å². The quantitative estimate of drug-likeness (QED) is 0.240. The van der Waals surface area contributed by atoms with Crippen LogP contribution >= 0.6 is 0 Å². The van der Waals surface area contributed by atoms with Crippen molar-refractivity contribution in [1.82, 2.24) is 26.0 Å². The van der Waals surface area contributed by atoms with Crippen molar-refractivity contribution in [2.75, 3.05) is 13.6 Å². The summed E-state index contributed by atoms with van der Waals surface area (Å²) in [5.74, 6) is -1.15. The number of rotatable bonds is 14. The largest absolute Gasteiger partial charge is 0.348 e. The van der Waals surface area contributed by atoms with Gasteiger partial charge in [-0.2, -0.15) is 0 Å². The number of carbonyl (C=O) groups is 4. The van der Waals surface area contributed by atoms with E-state index >= 15 is 0 Å². The number of carbonyl (C=O) groups excluding carboxylic acids is 4. The zero-order valence-electron chi connectivity index (χ0n) is 24.7. The van der Waals surface area contributed by atoms with Gasteiger partial charge in [0.15, 0.2) is 0 Å². The number of unbranched alkanes of at least 4 members (excludes halogenated alkanes) is 2. The Morgan fingerprint density at radius 2 is 1.85 bits per heavy atom. The number of amides is 4. The van der Waals surface area contributed by atoms with Gasteiger partial charge in [0.05, 0.1) is 6.04 Å². The van der Waals surface area contributed by atoms with E-state index in [1.165, 1.54) is 9.91 Å². The summed E-state index contributed by atoms with van der Waals surface area (Å²) in [6.45, 7) is 15.2. The van der Waals surface area contributed by atoms with Crippen molar-refractivity contribution in [3.05, 3.63) is 54.6 Å². The third-order valence-corrected chi connectivity index (χ3v) is 7.26. The van der Waals surface area contributed by atoms with Gasteiger partial charge in [0.1, 0.15) is 18.1 Å². The lowest BCUT2D eigenvalue weighted by Crippen LogP contribution is -2.62. The minimum Gasteiger partial charge on any atom is -0.348 e. The van der Waals surface area contributed by atoms with E-state index in [0.717, 1.165) is 30.4 Å². The molecule has 4 amide bonds. The van der Waals surface area contributed by atoms with Crippen LogP contribution in [0.3, 0.4) is 0 Å². The summed E-state index contributed by atoms with van der Waals surface area (Å²) in [6, 6.07) is 5.48. The molecule has 1 fully saturated rings. The molecule has 0 aliphatic carbocycles. The number of allylic oxidation sites excluding steroid dienone is 1. The number of hydrogen-bond donors (Lipinski definition) is 3. The molecule has 2 rings (SSSR count). The Hall–Kier alpha value is -3.46. The van der Waals surface area contributed by atoms with Crippen molar-refractivity contribution >= 4 is 29.7 Å². The van der Waals surface area contributed by atoms with E-state index in [1.807, 2.05) is 51.1 Å². The van der Waals surface area contributed by atoms with E-state index in [0.29, 0.717) is 25.8 Å². The molecular formula is C31H47N5O4. The molecule has 9 nitrogen and oxygen atoms in total. The minimum absolute atomic E-state index is 0.103. The first-order valence-electron chi connectivity index (χ1n) is 14.3. The molecule has 0 radical (unpaired) electrons. The third-order valence-electron chi connectivity index (χ3n) is 7.26. The predicted molar refractivity (Wildman–Crippen MR) is 159 cm³/mol. The molecule has 9 heteroatoms. The fourth-order valence-electron chi connectivity index (χ4n) is 4.90. The highest BCUT2D eigenvalue weighted by atomic mass is 16.2. The smallest absolute Gasteiger partial charge is 0.258 e. The Bertz CT molecular complexity index is 1060.